The second kappa shape index (κ2) is 6.67. The molecule has 22 heavy (non-hydrogen) atoms. The largest absolute Gasteiger partial charge is 0.319 e. The van der Waals surface area contributed by atoms with Gasteiger partial charge in [0.15, 0.2) is 12.4 Å². The van der Waals surface area contributed by atoms with Crippen molar-refractivity contribution < 1.29 is 9.36 Å². The van der Waals surface area contributed by atoms with Crippen molar-refractivity contribution in [1.82, 2.24) is 0 Å². The van der Waals surface area contributed by atoms with Crippen LogP contribution in [-0.2, 0) is 24.2 Å². The number of pyridine rings is 1. The van der Waals surface area contributed by atoms with Crippen LogP contribution in [0, 0.1) is 0 Å². The molecule has 0 radical (unpaired) electrons. The third-order valence-electron chi connectivity index (χ3n) is 3.87. The van der Waals surface area contributed by atoms with Crippen molar-refractivity contribution >= 4 is 34.8 Å². The molecule has 0 bridgehead atoms. The Morgan fingerprint density at radius 3 is 2.68 bits per heavy atom. The molecule has 1 aromatic carbocycles. The van der Waals surface area contributed by atoms with E-state index in [-0.39, 0.29) is 12.5 Å². The van der Waals surface area contributed by atoms with Gasteiger partial charge in [-0.25, -0.2) is 0 Å². The Kier molecular flexibility index (Phi) is 4.65. The van der Waals surface area contributed by atoms with Crippen molar-refractivity contribution in [2.75, 3.05) is 5.32 Å². The summed E-state index contributed by atoms with van der Waals surface area (Å²) in [7, 11) is 0. The first kappa shape index (κ1) is 15.3. The monoisotopic (exact) mass is 335 g/mol. The van der Waals surface area contributed by atoms with Gasteiger partial charge in [0.2, 0.25) is 6.54 Å². The molecule has 1 aromatic heterocycles. The molecule has 2 aromatic rings. The zero-order valence-electron chi connectivity index (χ0n) is 12.1. The third-order valence-corrected chi connectivity index (χ3v) is 4.42. The number of hydrogen-bond acceptors (Lipinski definition) is 1. The summed E-state index contributed by atoms with van der Waals surface area (Å²) in [5.41, 5.74) is 3.34. The van der Waals surface area contributed by atoms with Crippen LogP contribution in [0.15, 0.2) is 36.7 Å². The highest BCUT2D eigenvalue weighted by Gasteiger charge is 2.16. The number of halogens is 2. The van der Waals surface area contributed by atoms with Crippen LogP contribution in [0.3, 0.4) is 0 Å². The smallest absolute Gasteiger partial charge is 0.290 e. The highest BCUT2D eigenvalue weighted by molar-refractivity contribution is 6.36. The maximum Gasteiger partial charge on any atom is 0.290 e. The predicted molar refractivity (Wildman–Crippen MR) is 88.4 cm³/mol. The third kappa shape index (κ3) is 3.60. The Balaban J connectivity index is 1.69. The van der Waals surface area contributed by atoms with Gasteiger partial charge < -0.3 is 5.32 Å². The fourth-order valence-corrected chi connectivity index (χ4v) is 3.22. The van der Waals surface area contributed by atoms with Crippen LogP contribution in [0.2, 0.25) is 10.0 Å². The standard InChI is InChI=1S/C17H16Cl2N2O/c18-14-5-6-16(15(19)9-14)20-17(22)11-21-8-7-12-3-1-2-4-13(12)10-21/h5-10H,1-4,11H2/p+1. The van der Waals surface area contributed by atoms with Crippen LogP contribution in [0.25, 0.3) is 0 Å². The number of aromatic nitrogens is 1. The lowest BCUT2D eigenvalue weighted by atomic mass is 9.93. The molecule has 1 N–H and O–H groups in total. The van der Waals surface area contributed by atoms with Crippen molar-refractivity contribution in [1.29, 1.82) is 0 Å². The van der Waals surface area contributed by atoms with Gasteiger partial charge in [-0.15, -0.1) is 0 Å². The quantitative estimate of drug-likeness (QED) is 0.850. The van der Waals surface area contributed by atoms with Crippen molar-refractivity contribution in [2.45, 2.75) is 32.2 Å². The molecule has 1 aliphatic carbocycles. The summed E-state index contributed by atoms with van der Waals surface area (Å²) in [6, 6.07) is 7.15. The molecule has 0 aliphatic heterocycles. The number of hydrogen-bond donors (Lipinski definition) is 1. The molecule has 5 heteroatoms. The predicted octanol–water partition coefficient (Wildman–Crippen LogP) is 3.80. The number of aryl methyl sites for hydroxylation is 2. The van der Waals surface area contributed by atoms with Gasteiger partial charge in [0.25, 0.3) is 5.91 Å². The Labute approximate surface area is 139 Å². The molecule has 0 spiro atoms. The molecule has 3 rings (SSSR count). The number of carbonyl (C=O) groups excluding carboxylic acids is 1. The number of nitrogens with one attached hydrogen (secondary N) is 1. The van der Waals surface area contributed by atoms with E-state index in [4.69, 9.17) is 23.2 Å². The molecule has 0 saturated carbocycles. The summed E-state index contributed by atoms with van der Waals surface area (Å²) in [5.74, 6) is -0.106. The van der Waals surface area contributed by atoms with E-state index in [0.29, 0.717) is 15.7 Å². The minimum absolute atomic E-state index is 0.106. The van der Waals surface area contributed by atoms with Crippen LogP contribution in [0.1, 0.15) is 24.0 Å². The SMILES string of the molecule is O=C(C[n+]1ccc2c(c1)CCCC2)Nc1ccc(Cl)cc1Cl. The normalized spacial score (nSPS) is 13.5. The second-order valence-corrected chi connectivity index (χ2v) is 6.39. The first-order chi connectivity index (χ1) is 10.6. The first-order valence-electron chi connectivity index (χ1n) is 7.37. The van der Waals surface area contributed by atoms with Crippen LogP contribution >= 0.6 is 23.2 Å². The van der Waals surface area contributed by atoms with E-state index in [1.54, 1.807) is 18.2 Å². The van der Waals surface area contributed by atoms with E-state index in [1.165, 1.54) is 24.0 Å². The molecule has 0 saturated heterocycles. The van der Waals surface area contributed by atoms with E-state index in [0.717, 1.165) is 12.8 Å². The van der Waals surface area contributed by atoms with Gasteiger partial charge in [-0.05, 0) is 49.4 Å². The number of fused-ring (bicyclic) bond motifs is 1. The highest BCUT2D eigenvalue weighted by atomic mass is 35.5. The zero-order valence-corrected chi connectivity index (χ0v) is 13.6. The topological polar surface area (TPSA) is 33.0 Å². The fourth-order valence-electron chi connectivity index (χ4n) is 2.76. The summed E-state index contributed by atoms with van der Waals surface area (Å²) in [4.78, 5) is 12.2. The highest BCUT2D eigenvalue weighted by Crippen LogP contribution is 2.25. The van der Waals surface area contributed by atoms with Gasteiger partial charge in [0.05, 0.1) is 10.7 Å². The van der Waals surface area contributed by atoms with Crippen LogP contribution in [-0.4, -0.2) is 5.91 Å². The number of anilines is 1. The van der Waals surface area contributed by atoms with E-state index in [2.05, 4.69) is 17.6 Å². The molecular weight excluding hydrogens is 319 g/mol. The Hall–Kier alpha value is -1.58. The van der Waals surface area contributed by atoms with E-state index in [1.807, 2.05) is 10.8 Å². The molecule has 1 amide bonds. The zero-order chi connectivity index (χ0) is 15.5. The van der Waals surface area contributed by atoms with Crippen molar-refractivity contribution in [3.8, 4) is 0 Å². The molecule has 0 unspecified atom stereocenters. The summed E-state index contributed by atoms with van der Waals surface area (Å²) in [6.07, 6.45) is 8.77. The summed E-state index contributed by atoms with van der Waals surface area (Å²) < 4.78 is 1.92. The molecule has 1 heterocycles. The Morgan fingerprint density at radius 2 is 1.91 bits per heavy atom. The minimum atomic E-state index is -0.106. The van der Waals surface area contributed by atoms with Gasteiger partial charge in [-0.1, -0.05) is 23.2 Å². The number of nitrogens with zero attached hydrogens (tertiary/aromatic N) is 1. The minimum Gasteiger partial charge on any atom is -0.319 e. The van der Waals surface area contributed by atoms with Gasteiger partial charge in [-0.3, -0.25) is 4.79 Å². The fraction of sp³-hybridized carbons (Fsp3) is 0.294. The molecule has 0 fully saturated rings. The van der Waals surface area contributed by atoms with E-state index >= 15 is 0 Å². The molecule has 0 atom stereocenters. The van der Waals surface area contributed by atoms with Crippen molar-refractivity contribution in [3.05, 3.63) is 57.8 Å². The van der Waals surface area contributed by atoms with Crippen LogP contribution in [0.5, 0.6) is 0 Å². The summed E-state index contributed by atoms with van der Waals surface area (Å²) in [5, 5.41) is 3.80. The molecule has 114 valence electrons. The number of carbonyl (C=O) groups is 1. The van der Waals surface area contributed by atoms with Gasteiger partial charge >= 0.3 is 0 Å². The molecular formula is C17H17Cl2N2O+. The Morgan fingerprint density at radius 1 is 1.14 bits per heavy atom. The van der Waals surface area contributed by atoms with Crippen LogP contribution in [0.4, 0.5) is 5.69 Å². The van der Waals surface area contributed by atoms with Gasteiger partial charge in [-0.2, -0.15) is 4.57 Å². The summed E-state index contributed by atoms with van der Waals surface area (Å²) >= 11 is 11.9. The first-order valence-corrected chi connectivity index (χ1v) is 8.13. The van der Waals surface area contributed by atoms with Crippen molar-refractivity contribution in [2.24, 2.45) is 0 Å². The summed E-state index contributed by atoms with van der Waals surface area (Å²) in [6.45, 7) is 0.270. The van der Waals surface area contributed by atoms with Crippen LogP contribution < -0.4 is 9.88 Å². The lowest BCUT2D eigenvalue weighted by Crippen LogP contribution is -2.40. The number of amides is 1. The maximum atomic E-state index is 12.2. The Bertz CT molecular complexity index is 716. The van der Waals surface area contributed by atoms with E-state index in [9.17, 15) is 4.79 Å². The lowest BCUT2D eigenvalue weighted by Gasteiger charge is -2.13. The average molecular weight is 336 g/mol. The molecule has 3 nitrogen and oxygen atoms in total. The van der Waals surface area contributed by atoms with Gasteiger partial charge in [0, 0.05) is 16.7 Å². The van der Waals surface area contributed by atoms with Gasteiger partial charge in [0.1, 0.15) is 0 Å². The van der Waals surface area contributed by atoms with Crippen molar-refractivity contribution in [3.63, 3.8) is 0 Å². The maximum absolute atomic E-state index is 12.2. The average Bonchev–Trinajstić information content (AvgIpc) is 2.50. The molecule has 1 aliphatic rings. The second-order valence-electron chi connectivity index (χ2n) is 5.55. The number of rotatable bonds is 3. The lowest BCUT2D eigenvalue weighted by molar-refractivity contribution is -0.684. The number of benzene rings is 1. The van der Waals surface area contributed by atoms with E-state index < -0.39 is 0 Å².